The molecule has 0 aliphatic rings. The first-order chi connectivity index (χ1) is 6.27. The van der Waals surface area contributed by atoms with Gasteiger partial charge in [0.2, 0.25) is 5.78 Å². The molecule has 3 nitrogen and oxygen atoms in total. The minimum atomic E-state index is -0.168. The van der Waals surface area contributed by atoms with Gasteiger partial charge in [-0.2, -0.15) is 0 Å². The summed E-state index contributed by atoms with van der Waals surface area (Å²) in [6.07, 6.45) is 1.59. The van der Waals surface area contributed by atoms with Gasteiger partial charge >= 0.3 is 0 Å². The van der Waals surface area contributed by atoms with Crippen LogP contribution in [0.3, 0.4) is 0 Å². The summed E-state index contributed by atoms with van der Waals surface area (Å²) in [5.41, 5.74) is 0.366. The van der Waals surface area contributed by atoms with Crippen LogP contribution >= 0.6 is 34.3 Å². The largest absolute Gasteiger partial charge is 0.284 e. The summed E-state index contributed by atoms with van der Waals surface area (Å²) in [7, 11) is 0. The number of rotatable bonds is 2. The summed E-state index contributed by atoms with van der Waals surface area (Å²) in [5.74, 6) is -0.168. The molecule has 0 bridgehead atoms. The highest BCUT2D eigenvalue weighted by atomic mass is 35.5. The molecule has 2 aromatic heterocycles. The number of nitrogens with zero attached hydrogens (tertiary/aromatic N) is 2. The molecule has 0 radical (unpaired) electrons. The van der Waals surface area contributed by atoms with Gasteiger partial charge in [0, 0.05) is 17.0 Å². The molecule has 0 saturated carbocycles. The Labute approximate surface area is 87.0 Å². The highest BCUT2D eigenvalue weighted by Crippen LogP contribution is 2.18. The van der Waals surface area contributed by atoms with Crippen molar-refractivity contribution < 1.29 is 4.79 Å². The van der Waals surface area contributed by atoms with Crippen LogP contribution in [0.5, 0.6) is 0 Å². The lowest BCUT2D eigenvalue weighted by atomic mass is 10.3. The molecule has 0 fully saturated rings. The number of thiazole rings is 2. The van der Waals surface area contributed by atoms with E-state index in [1.54, 1.807) is 17.0 Å². The minimum Gasteiger partial charge on any atom is -0.284 e. The molecule has 0 atom stereocenters. The Kier molecular flexibility index (Phi) is 2.39. The number of ketones is 1. The standard InChI is InChI=1S/C7H3ClN2OS2/c8-7-10-4(3-13-7)5(11)6-9-1-2-12-6/h1-3H. The van der Waals surface area contributed by atoms with Gasteiger partial charge in [-0.1, -0.05) is 11.6 Å². The molecule has 0 spiro atoms. The maximum atomic E-state index is 11.6. The van der Waals surface area contributed by atoms with E-state index in [0.717, 1.165) is 0 Å². The van der Waals surface area contributed by atoms with Gasteiger partial charge in [-0.25, -0.2) is 9.97 Å². The van der Waals surface area contributed by atoms with E-state index in [1.807, 2.05) is 0 Å². The van der Waals surface area contributed by atoms with Crippen LogP contribution in [0.1, 0.15) is 15.5 Å². The average Bonchev–Trinajstić information content (AvgIpc) is 2.72. The maximum absolute atomic E-state index is 11.6. The summed E-state index contributed by atoms with van der Waals surface area (Å²) in [6.45, 7) is 0. The van der Waals surface area contributed by atoms with Crippen LogP contribution in [-0.2, 0) is 0 Å². The molecule has 0 amide bonds. The Balaban J connectivity index is 2.33. The molecule has 2 heterocycles. The molecular weight excluding hydrogens is 228 g/mol. The van der Waals surface area contributed by atoms with Crippen molar-refractivity contribution in [1.29, 1.82) is 0 Å². The molecule has 2 aromatic rings. The zero-order valence-corrected chi connectivity index (χ0v) is 8.62. The van der Waals surface area contributed by atoms with Gasteiger partial charge in [0.1, 0.15) is 5.69 Å². The number of carbonyl (C=O) groups excluding carboxylic acids is 1. The average molecular weight is 231 g/mol. The third kappa shape index (κ3) is 1.77. The Hall–Kier alpha value is -0.780. The molecular formula is C7H3ClN2OS2. The first kappa shape index (κ1) is 8.80. The van der Waals surface area contributed by atoms with Gasteiger partial charge in [-0.15, -0.1) is 22.7 Å². The molecule has 66 valence electrons. The fourth-order valence-corrected chi connectivity index (χ4v) is 2.13. The molecule has 13 heavy (non-hydrogen) atoms. The monoisotopic (exact) mass is 230 g/mol. The fraction of sp³-hybridized carbons (Fsp3) is 0. The Morgan fingerprint density at radius 2 is 2.31 bits per heavy atom. The fourth-order valence-electron chi connectivity index (χ4n) is 0.801. The molecule has 0 unspecified atom stereocenters. The van der Waals surface area contributed by atoms with Crippen molar-refractivity contribution in [3.8, 4) is 0 Å². The van der Waals surface area contributed by atoms with Crippen LogP contribution < -0.4 is 0 Å². The van der Waals surface area contributed by atoms with Crippen molar-refractivity contribution in [3.63, 3.8) is 0 Å². The van der Waals surface area contributed by atoms with Crippen molar-refractivity contribution in [1.82, 2.24) is 9.97 Å². The molecule has 6 heteroatoms. The summed E-state index contributed by atoms with van der Waals surface area (Å²) >= 11 is 8.14. The van der Waals surface area contributed by atoms with E-state index in [2.05, 4.69) is 9.97 Å². The van der Waals surface area contributed by atoms with Crippen molar-refractivity contribution in [3.05, 3.63) is 32.1 Å². The zero-order valence-electron chi connectivity index (χ0n) is 6.23. The van der Waals surface area contributed by atoms with Gasteiger partial charge in [0.15, 0.2) is 9.47 Å². The molecule has 0 saturated heterocycles. The summed E-state index contributed by atoms with van der Waals surface area (Å²) in [5, 5.41) is 3.83. The van der Waals surface area contributed by atoms with Gasteiger partial charge in [-0.05, 0) is 0 Å². The van der Waals surface area contributed by atoms with Gasteiger partial charge in [-0.3, -0.25) is 4.79 Å². The Morgan fingerprint density at radius 1 is 1.46 bits per heavy atom. The van der Waals surface area contributed by atoms with E-state index < -0.39 is 0 Å². The topological polar surface area (TPSA) is 42.9 Å². The van der Waals surface area contributed by atoms with E-state index in [9.17, 15) is 4.79 Å². The van der Waals surface area contributed by atoms with Crippen LogP contribution in [-0.4, -0.2) is 15.8 Å². The quantitative estimate of drug-likeness (QED) is 0.745. The maximum Gasteiger partial charge on any atom is 0.240 e. The first-order valence-electron chi connectivity index (χ1n) is 3.32. The second-order valence-electron chi connectivity index (χ2n) is 2.15. The Morgan fingerprint density at radius 3 is 2.85 bits per heavy atom. The summed E-state index contributed by atoms with van der Waals surface area (Å²) < 4.78 is 0.375. The van der Waals surface area contributed by atoms with Crippen LogP contribution in [0.4, 0.5) is 0 Å². The smallest absolute Gasteiger partial charge is 0.240 e. The van der Waals surface area contributed by atoms with Crippen molar-refractivity contribution in [2.75, 3.05) is 0 Å². The van der Waals surface area contributed by atoms with Crippen molar-refractivity contribution in [2.45, 2.75) is 0 Å². The molecule has 0 aliphatic heterocycles. The summed E-state index contributed by atoms with van der Waals surface area (Å²) in [6, 6.07) is 0. The number of aromatic nitrogens is 2. The predicted octanol–water partition coefficient (Wildman–Crippen LogP) is 2.48. The lowest BCUT2D eigenvalue weighted by Crippen LogP contribution is -2.00. The summed E-state index contributed by atoms with van der Waals surface area (Å²) in [4.78, 5) is 19.3. The molecule has 2 rings (SSSR count). The lowest BCUT2D eigenvalue weighted by Gasteiger charge is -1.88. The highest BCUT2D eigenvalue weighted by Gasteiger charge is 2.14. The van der Waals surface area contributed by atoms with E-state index in [4.69, 9.17) is 11.6 Å². The van der Waals surface area contributed by atoms with Gasteiger partial charge in [0.05, 0.1) is 0 Å². The number of hydrogen-bond acceptors (Lipinski definition) is 5. The van der Waals surface area contributed by atoms with E-state index in [0.29, 0.717) is 15.2 Å². The minimum absolute atomic E-state index is 0.168. The zero-order chi connectivity index (χ0) is 9.26. The normalized spacial score (nSPS) is 10.2. The van der Waals surface area contributed by atoms with Gasteiger partial charge in [0.25, 0.3) is 0 Å². The van der Waals surface area contributed by atoms with E-state index in [-0.39, 0.29) is 5.78 Å². The number of carbonyl (C=O) groups is 1. The van der Waals surface area contributed by atoms with Crippen molar-refractivity contribution in [2.24, 2.45) is 0 Å². The first-order valence-corrected chi connectivity index (χ1v) is 5.46. The molecule has 0 N–H and O–H groups in total. The molecule has 0 aliphatic carbocycles. The highest BCUT2D eigenvalue weighted by molar-refractivity contribution is 7.14. The predicted molar refractivity (Wildman–Crippen MR) is 52.7 cm³/mol. The third-order valence-electron chi connectivity index (χ3n) is 1.34. The second-order valence-corrected chi connectivity index (χ2v) is 4.49. The Bertz CT molecular complexity index is 423. The third-order valence-corrected chi connectivity index (χ3v) is 3.09. The van der Waals surface area contributed by atoms with Crippen LogP contribution in [0.25, 0.3) is 0 Å². The van der Waals surface area contributed by atoms with E-state index >= 15 is 0 Å². The van der Waals surface area contributed by atoms with Gasteiger partial charge < -0.3 is 0 Å². The number of hydrogen-bond donors (Lipinski definition) is 0. The van der Waals surface area contributed by atoms with Crippen LogP contribution in [0.2, 0.25) is 4.47 Å². The van der Waals surface area contributed by atoms with Crippen LogP contribution in [0, 0.1) is 0 Å². The van der Waals surface area contributed by atoms with E-state index in [1.165, 1.54) is 22.7 Å². The molecule has 0 aromatic carbocycles. The van der Waals surface area contributed by atoms with Crippen molar-refractivity contribution >= 4 is 40.1 Å². The second kappa shape index (κ2) is 3.53. The van der Waals surface area contributed by atoms with Crippen LogP contribution in [0.15, 0.2) is 17.0 Å². The SMILES string of the molecule is O=C(c1csc(Cl)n1)c1nccs1. The lowest BCUT2D eigenvalue weighted by molar-refractivity contribution is 0.103. The number of halogens is 1.